The van der Waals surface area contributed by atoms with Crippen molar-refractivity contribution >= 4 is 33.1 Å². The maximum atomic E-state index is 12.9. The van der Waals surface area contributed by atoms with Crippen LogP contribution in [0.25, 0.3) is 16.9 Å². The molecule has 0 bridgehead atoms. The van der Waals surface area contributed by atoms with Crippen molar-refractivity contribution in [3.8, 4) is 11.3 Å². The number of rotatable bonds is 3. The molecule has 35 heavy (non-hydrogen) atoms. The fourth-order valence-electron chi connectivity index (χ4n) is 4.71. The van der Waals surface area contributed by atoms with E-state index in [0.29, 0.717) is 37.3 Å². The van der Waals surface area contributed by atoms with Crippen LogP contribution in [-0.4, -0.2) is 47.5 Å². The summed E-state index contributed by atoms with van der Waals surface area (Å²) in [6.07, 6.45) is 5.20. The van der Waals surface area contributed by atoms with E-state index in [1.807, 2.05) is 70.2 Å². The third-order valence-corrected chi connectivity index (χ3v) is 7.92. The molecule has 2 aliphatic heterocycles. The summed E-state index contributed by atoms with van der Waals surface area (Å²) in [6, 6.07) is 20.5. The second kappa shape index (κ2) is 8.35. The van der Waals surface area contributed by atoms with E-state index in [-0.39, 0.29) is 16.7 Å². The molecule has 1 N–H and O–H groups in total. The van der Waals surface area contributed by atoms with Crippen molar-refractivity contribution in [1.82, 2.24) is 14.3 Å². The van der Waals surface area contributed by atoms with Gasteiger partial charge < -0.3 is 14.6 Å². The molecule has 1 amide bonds. The molecule has 0 aliphatic carbocycles. The number of benzene rings is 2. The topological polar surface area (TPSA) is 96.1 Å². The fraction of sp³-hybridized carbons (Fsp3) is 0.192. The highest BCUT2D eigenvalue weighted by atomic mass is 32.2. The number of imidazole rings is 1. The molecule has 0 atom stereocenters. The zero-order valence-corrected chi connectivity index (χ0v) is 19.6. The fourth-order valence-corrected chi connectivity index (χ4v) is 5.94. The Morgan fingerprint density at radius 1 is 0.943 bits per heavy atom. The normalized spacial score (nSPS) is 17.3. The third kappa shape index (κ3) is 3.97. The summed E-state index contributed by atoms with van der Waals surface area (Å²) in [5.41, 5.74) is 4.12. The van der Waals surface area contributed by atoms with Gasteiger partial charge >= 0.3 is 0 Å². The SMILES string of the molecule is O=C(Nc1ccc(-c2cn3ccccc3n2)cc1)C1CCN(C2=NS(=O)(=O)c3ccccc32)CC1. The number of nitrogens with one attached hydrogen (secondary N) is 1. The van der Waals surface area contributed by atoms with Crippen molar-refractivity contribution < 1.29 is 13.2 Å². The Bertz CT molecular complexity index is 1530. The Morgan fingerprint density at radius 3 is 2.46 bits per heavy atom. The Labute approximate surface area is 203 Å². The lowest BCUT2D eigenvalue weighted by molar-refractivity contribution is -0.120. The number of hydrogen-bond acceptors (Lipinski definition) is 5. The molecule has 2 aliphatic rings. The number of amides is 1. The van der Waals surface area contributed by atoms with E-state index in [9.17, 15) is 13.2 Å². The molecule has 2 aromatic carbocycles. The first-order valence-corrected chi connectivity index (χ1v) is 13.0. The van der Waals surface area contributed by atoms with Crippen molar-refractivity contribution in [1.29, 1.82) is 0 Å². The van der Waals surface area contributed by atoms with Gasteiger partial charge in [-0.25, -0.2) is 4.98 Å². The first-order chi connectivity index (χ1) is 17.0. The van der Waals surface area contributed by atoms with Gasteiger partial charge in [0.2, 0.25) is 5.91 Å². The van der Waals surface area contributed by atoms with Crippen LogP contribution in [0.5, 0.6) is 0 Å². The lowest BCUT2D eigenvalue weighted by Crippen LogP contribution is -2.41. The number of aromatic nitrogens is 2. The Morgan fingerprint density at radius 2 is 1.69 bits per heavy atom. The standard InChI is InChI=1S/C26H23N5O3S/c32-26(27-20-10-8-18(9-11-20)22-17-31-14-4-3-7-24(31)28-22)19-12-15-30(16-13-19)25-21-5-1-2-6-23(21)35(33,34)29-25/h1-11,14,17,19H,12-13,15-16H2,(H,27,32). The molecule has 8 nitrogen and oxygen atoms in total. The number of likely N-dealkylation sites (tertiary alicyclic amines) is 1. The van der Waals surface area contributed by atoms with E-state index in [1.54, 1.807) is 18.2 Å². The highest BCUT2D eigenvalue weighted by molar-refractivity contribution is 7.90. The maximum Gasteiger partial charge on any atom is 0.285 e. The van der Waals surface area contributed by atoms with Crippen LogP contribution in [0.4, 0.5) is 5.69 Å². The van der Waals surface area contributed by atoms with Gasteiger partial charge in [-0.15, -0.1) is 4.40 Å². The summed E-state index contributed by atoms with van der Waals surface area (Å²) < 4.78 is 30.7. The lowest BCUT2D eigenvalue weighted by Gasteiger charge is -2.32. The number of carbonyl (C=O) groups is 1. The van der Waals surface area contributed by atoms with Crippen LogP contribution < -0.4 is 5.32 Å². The predicted molar refractivity (Wildman–Crippen MR) is 134 cm³/mol. The zero-order chi connectivity index (χ0) is 24.0. The zero-order valence-electron chi connectivity index (χ0n) is 18.8. The number of anilines is 1. The number of piperidine rings is 1. The van der Waals surface area contributed by atoms with Crippen molar-refractivity contribution in [3.05, 3.63) is 84.7 Å². The van der Waals surface area contributed by atoms with Crippen LogP contribution in [0.2, 0.25) is 0 Å². The molecule has 0 unspecified atom stereocenters. The van der Waals surface area contributed by atoms with Crippen molar-refractivity contribution in [3.63, 3.8) is 0 Å². The maximum absolute atomic E-state index is 12.9. The van der Waals surface area contributed by atoms with Crippen molar-refractivity contribution in [2.45, 2.75) is 17.7 Å². The van der Waals surface area contributed by atoms with Gasteiger partial charge in [0.15, 0.2) is 5.84 Å². The quantitative estimate of drug-likeness (QED) is 0.476. The molecule has 176 valence electrons. The monoisotopic (exact) mass is 485 g/mol. The van der Waals surface area contributed by atoms with Gasteiger partial charge in [0.1, 0.15) is 10.5 Å². The molecule has 0 radical (unpaired) electrons. The molecule has 4 heterocycles. The Kier molecular flexibility index (Phi) is 5.14. The van der Waals surface area contributed by atoms with Gasteiger partial charge in [0.25, 0.3) is 10.0 Å². The molecule has 2 aromatic heterocycles. The molecule has 1 saturated heterocycles. The van der Waals surface area contributed by atoms with E-state index in [1.165, 1.54) is 0 Å². The van der Waals surface area contributed by atoms with E-state index in [4.69, 9.17) is 0 Å². The van der Waals surface area contributed by atoms with Crippen molar-refractivity contribution in [2.24, 2.45) is 10.3 Å². The van der Waals surface area contributed by atoms with Gasteiger partial charge in [-0.05, 0) is 49.2 Å². The first kappa shape index (κ1) is 21.5. The summed E-state index contributed by atoms with van der Waals surface area (Å²) >= 11 is 0. The third-order valence-electron chi connectivity index (χ3n) is 6.59. The highest BCUT2D eigenvalue weighted by Gasteiger charge is 2.34. The molecular formula is C26H23N5O3S. The summed E-state index contributed by atoms with van der Waals surface area (Å²) in [4.78, 5) is 19.8. The van der Waals surface area contributed by atoms with E-state index >= 15 is 0 Å². The second-order valence-corrected chi connectivity index (χ2v) is 10.4. The molecule has 4 aromatic rings. The minimum Gasteiger partial charge on any atom is -0.355 e. The molecule has 1 fully saturated rings. The molecule has 0 spiro atoms. The number of pyridine rings is 1. The van der Waals surface area contributed by atoms with Gasteiger partial charge in [0.05, 0.1) is 5.69 Å². The number of fused-ring (bicyclic) bond motifs is 2. The second-order valence-electron chi connectivity index (χ2n) is 8.81. The average Bonchev–Trinajstić information content (AvgIpc) is 3.43. The van der Waals surface area contributed by atoms with Gasteiger partial charge in [-0.1, -0.05) is 30.3 Å². The van der Waals surface area contributed by atoms with Gasteiger partial charge in [0, 0.05) is 48.2 Å². The highest BCUT2D eigenvalue weighted by Crippen LogP contribution is 2.30. The van der Waals surface area contributed by atoms with Gasteiger partial charge in [-0.3, -0.25) is 4.79 Å². The first-order valence-electron chi connectivity index (χ1n) is 11.5. The smallest absolute Gasteiger partial charge is 0.285 e. The minimum absolute atomic E-state index is 0.0217. The van der Waals surface area contributed by atoms with Crippen LogP contribution in [0.15, 0.2) is 88.4 Å². The molecular weight excluding hydrogens is 462 g/mol. The van der Waals surface area contributed by atoms with E-state index < -0.39 is 10.0 Å². The largest absolute Gasteiger partial charge is 0.355 e. The summed E-state index contributed by atoms with van der Waals surface area (Å²) in [6.45, 7) is 1.15. The van der Waals surface area contributed by atoms with Crippen LogP contribution in [0.1, 0.15) is 18.4 Å². The summed E-state index contributed by atoms with van der Waals surface area (Å²) in [5.74, 6) is 0.326. The van der Waals surface area contributed by atoms with E-state index in [0.717, 1.165) is 22.6 Å². The number of sulfonamides is 1. The van der Waals surface area contributed by atoms with Crippen LogP contribution >= 0.6 is 0 Å². The summed E-state index contributed by atoms with van der Waals surface area (Å²) in [5, 5.41) is 3.02. The number of hydrogen-bond donors (Lipinski definition) is 1. The number of amidine groups is 1. The Hall–Kier alpha value is -3.98. The van der Waals surface area contributed by atoms with Crippen LogP contribution in [0.3, 0.4) is 0 Å². The minimum atomic E-state index is -3.64. The lowest BCUT2D eigenvalue weighted by atomic mass is 9.95. The number of nitrogens with zero attached hydrogens (tertiary/aromatic N) is 4. The van der Waals surface area contributed by atoms with Gasteiger partial charge in [-0.2, -0.15) is 8.42 Å². The number of carbonyl (C=O) groups excluding carboxylic acids is 1. The molecule has 0 saturated carbocycles. The average molecular weight is 486 g/mol. The summed E-state index contributed by atoms with van der Waals surface area (Å²) in [7, 11) is -3.64. The van der Waals surface area contributed by atoms with Crippen LogP contribution in [-0.2, 0) is 14.8 Å². The Balaban J connectivity index is 1.09. The molecule has 9 heteroatoms. The van der Waals surface area contributed by atoms with E-state index in [2.05, 4.69) is 14.7 Å². The molecule has 6 rings (SSSR count). The van der Waals surface area contributed by atoms with Crippen molar-refractivity contribution in [2.75, 3.05) is 18.4 Å². The van der Waals surface area contributed by atoms with Crippen LogP contribution in [0, 0.1) is 5.92 Å². The predicted octanol–water partition coefficient (Wildman–Crippen LogP) is 3.80.